The molecule has 23 heavy (non-hydrogen) atoms. The summed E-state index contributed by atoms with van der Waals surface area (Å²) in [6.45, 7) is 1.51. The van der Waals surface area contributed by atoms with Gasteiger partial charge in [0, 0.05) is 18.2 Å². The van der Waals surface area contributed by atoms with E-state index in [-0.39, 0.29) is 24.4 Å². The Morgan fingerprint density at radius 1 is 1.35 bits per heavy atom. The van der Waals surface area contributed by atoms with E-state index in [1.54, 1.807) is 24.3 Å². The summed E-state index contributed by atoms with van der Waals surface area (Å²) in [4.78, 5) is 12.0. The van der Waals surface area contributed by atoms with Gasteiger partial charge < -0.3 is 19.2 Å². The van der Waals surface area contributed by atoms with Gasteiger partial charge >= 0.3 is 0 Å². The van der Waals surface area contributed by atoms with Gasteiger partial charge in [0.1, 0.15) is 18.1 Å². The Balaban J connectivity index is 1.49. The third-order valence-electron chi connectivity index (χ3n) is 3.58. The van der Waals surface area contributed by atoms with Gasteiger partial charge in [0.15, 0.2) is 5.76 Å². The van der Waals surface area contributed by atoms with Crippen molar-refractivity contribution in [3.8, 4) is 5.75 Å². The molecule has 2 heterocycles. The molecule has 122 valence electrons. The topological polar surface area (TPSA) is 60.7 Å². The van der Waals surface area contributed by atoms with Crippen LogP contribution in [-0.2, 0) is 11.3 Å². The summed E-state index contributed by atoms with van der Waals surface area (Å²) in [6, 6.07) is 10.5. The third kappa shape index (κ3) is 4.50. The molecular formula is C17H18ClNO4. The van der Waals surface area contributed by atoms with Crippen LogP contribution in [0.15, 0.2) is 40.8 Å². The molecule has 1 aromatic heterocycles. The lowest BCUT2D eigenvalue weighted by atomic mass is 10.2. The zero-order chi connectivity index (χ0) is 16.1. The number of ether oxygens (including phenoxy) is 2. The molecule has 6 heteroatoms. The van der Waals surface area contributed by atoms with Crippen LogP contribution in [0.4, 0.5) is 0 Å². The number of halogens is 1. The number of rotatable bonds is 6. The van der Waals surface area contributed by atoms with Crippen molar-refractivity contribution in [1.29, 1.82) is 0 Å². The Bertz CT molecular complexity index is 664. The Kier molecular flexibility index (Phi) is 5.20. The number of carbonyl (C=O) groups is 1. The molecule has 1 N–H and O–H groups in total. The predicted octanol–water partition coefficient (Wildman–Crippen LogP) is 3.42. The summed E-state index contributed by atoms with van der Waals surface area (Å²) in [5.74, 6) is 1.26. The normalized spacial score (nSPS) is 17.2. The minimum Gasteiger partial charge on any atom is -0.486 e. The van der Waals surface area contributed by atoms with Crippen LogP contribution >= 0.6 is 11.6 Å². The van der Waals surface area contributed by atoms with Gasteiger partial charge in [0.05, 0.1) is 6.10 Å². The number of amides is 1. The lowest BCUT2D eigenvalue weighted by Crippen LogP contribution is -2.31. The molecule has 1 saturated heterocycles. The predicted molar refractivity (Wildman–Crippen MR) is 85.8 cm³/mol. The molecular weight excluding hydrogens is 318 g/mol. The van der Waals surface area contributed by atoms with Crippen LogP contribution in [0.5, 0.6) is 5.75 Å². The van der Waals surface area contributed by atoms with E-state index >= 15 is 0 Å². The molecule has 1 amide bonds. The van der Waals surface area contributed by atoms with E-state index in [9.17, 15) is 4.79 Å². The molecule has 1 aromatic carbocycles. The van der Waals surface area contributed by atoms with Crippen molar-refractivity contribution >= 4 is 17.5 Å². The van der Waals surface area contributed by atoms with E-state index < -0.39 is 0 Å². The molecule has 5 nitrogen and oxygen atoms in total. The monoisotopic (exact) mass is 335 g/mol. The summed E-state index contributed by atoms with van der Waals surface area (Å²) >= 11 is 5.89. The maximum atomic E-state index is 12.0. The highest BCUT2D eigenvalue weighted by molar-refractivity contribution is 6.30. The molecule has 2 aromatic rings. The number of furan rings is 1. The fourth-order valence-electron chi connectivity index (χ4n) is 2.39. The zero-order valence-corrected chi connectivity index (χ0v) is 13.3. The Morgan fingerprint density at radius 2 is 2.26 bits per heavy atom. The van der Waals surface area contributed by atoms with Gasteiger partial charge in [-0.15, -0.1) is 0 Å². The molecule has 0 spiro atoms. The van der Waals surface area contributed by atoms with Gasteiger partial charge in [0.25, 0.3) is 5.91 Å². The van der Waals surface area contributed by atoms with Gasteiger partial charge in [-0.2, -0.15) is 0 Å². The lowest BCUT2D eigenvalue weighted by molar-refractivity contribution is 0.0832. The molecule has 3 rings (SSSR count). The maximum absolute atomic E-state index is 12.0. The molecule has 0 bridgehead atoms. The van der Waals surface area contributed by atoms with Crippen LogP contribution in [0.1, 0.15) is 29.2 Å². The van der Waals surface area contributed by atoms with E-state index in [1.807, 2.05) is 12.1 Å². The number of hydrogen-bond acceptors (Lipinski definition) is 4. The Morgan fingerprint density at radius 3 is 3.04 bits per heavy atom. The van der Waals surface area contributed by atoms with Gasteiger partial charge in [0.2, 0.25) is 0 Å². The second kappa shape index (κ2) is 7.53. The number of hydrogen-bond donors (Lipinski definition) is 1. The molecule has 1 fully saturated rings. The Labute approximate surface area is 139 Å². The standard InChI is InChI=1S/C17H18ClNO4/c18-12-3-1-4-13(9-12)22-11-15-6-7-16(23-15)17(20)19-10-14-5-2-8-21-14/h1,3-4,6-7,9,14H,2,5,8,10-11H2,(H,19,20). The summed E-state index contributed by atoms with van der Waals surface area (Å²) in [5, 5.41) is 3.43. The first-order valence-corrected chi connectivity index (χ1v) is 7.95. The van der Waals surface area contributed by atoms with Crippen molar-refractivity contribution in [3.63, 3.8) is 0 Å². The summed E-state index contributed by atoms with van der Waals surface area (Å²) in [5.41, 5.74) is 0. The second-order valence-corrected chi connectivity index (χ2v) is 5.79. The van der Waals surface area contributed by atoms with Crippen LogP contribution in [0.25, 0.3) is 0 Å². The lowest BCUT2D eigenvalue weighted by Gasteiger charge is -2.09. The highest BCUT2D eigenvalue weighted by Crippen LogP contribution is 2.19. The summed E-state index contributed by atoms with van der Waals surface area (Å²) < 4.78 is 16.5. The summed E-state index contributed by atoms with van der Waals surface area (Å²) in [6.07, 6.45) is 2.14. The first-order chi connectivity index (χ1) is 11.2. The third-order valence-corrected chi connectivity index (χ3v) is 3.81. The number of nitrogens with one attached hydrogen (secondary N) is 1. The van der Waals surface area contributed by atoms with Gasteiger partial charge in [-0.3, -0.25) is 4.79 Å². The molecule has 0 saturated carbocycles. The van der Waals surface area contributed by atoms with Crippen molar-refractivity contribution in [2.75, 3.05) is 13.2 Å². The highest BCUT2D eigenvalue weighted by Gasteiger charge is 2.18. The van der Waals surface area contributed by atoms with Gasteiger partial charge in [-0.25, -0.2) is 0 Å². The number of benzene rings is 1. The summed E-state index contributed by atoms with van der Waals surface area (Å²) in [7, 11) is 0. The number of carbonyl (C=O) groups excluding carboxylic acids is 1. The minimum absolute atomic E-state index is 0.111. The molecule has 1 atom stereocenters. The van der Waals surface area contributed by atoms with Crippen molar-refractivity contribution in [2.45, 2.75) is 25.6 Å². The van der Waals surface area contributed by atoms with E-state index in [1.165, 1.54) is 0 Å². The SMILES string of the molecule is O=C(NCC1CCCO1)c1ccc(COc2cccc(Cl)c2)o1. The van der Waals surface area contributed by atoms with Crippen molar-refractivity contribution < 1.29 is 18.7 Å². The smallest absolute Gasteiger partial charge is 0.287 e. The van der Waals surface area contributed by atoms with Gasteiger partial charge in [-0.05, 0) is 43.2 Å². The van der Waals surface area contributed by atoms with Crippen LogP contribution < -0.4 is 10.1 Å². The molecule has 0 radical (unpaired) electrons. The maximum Gasteiger partial charge on any atom is 0.287 e. The largest absolute Gasteiger partial charge is 0.486 e. The quantitative estimate of drug-likeness (QED) is 0.878. The fraction of sp³-hybridized carbons (Fsp3) is 0.353. The van der Waals surface area contributed by atoms with E-state index in [4.69, 9.17) is 25.5 Å². The second-order valence-electron chi connectivity index (χ2n) is 5.36. The van der Waals surface area contributed by atoms with E-state index in [0.29, 0.717) is 23.1 Å². The van der Waals surface area contributed by atoms with Crippen LogP contribution in [0.3, 0.4) is 0 Å². The minimum atomic E-state index is -0.241. The first kappa shape index (κ1) is 15.9. The van der Waals surface area contributed by atoms with Crippen LogP contribution in [0.2, 0.25) is 5.02 Å². The fourth-order valence-corrected chi connectivity index (χ4v) is 2.57. The molecule has 1 aliphatic rings. The van der Waals surface area contributed by atoms with Crippen molar-refractivity contribution in [2.24, 2.45) is 0 Å². The zero-order valence-electron chi connectivity index (χ0n) is 12.6. The van der Waals surface area contributed by atoms with E-state index in [0.717, 1.165) is 19.4 Å². The highest BCUT2D eigenvalue weighted by atomic mass is 35.5. The molecule has 1 aliphatic heterocycles. The van der Waals surface area contributed by atoms with Crippen LogP contribution in [-0.4, -0.2) is 25.2 Å². The Hall–Kier alpha value is -1.98. The average Bonchev–Trinajstić information content (AvgIpc) is 3.22. The van der Waals surface area contributed by atoms with Crippen molar-refractivity contribution in [3.05, 3.63) is 52.9 Å². The molecule has 0 aliphatic carbocycles. The molecule has 1 unspecified atom stereocenters. The van der Waals surface area contributed by atoms with Crippen molar-refractivity contribution in [1.82, 2.24) is 5.32 Å². The van der Waals surface area contributed by atoms with Gasteiger partial charge in [-0.1, -0.05) is 17.7 Å². The average molecular weight is 336 g/mol. The van der Waals surface area contributed by atoms with Crippen LogP contribution in [0, 0.1) is 0 Å². The van der Waals surface area contributed by atoms with E-state index in [2.05, 4.69) is 5.32 Å². The first-order valence-electron chi connectivity index (χ1n) is 7.57.